The standard InChI is InChI=1S/C14H14N2O3S/c15-6-10(14(18)16-9-1-2-9)13(17)12-5-8-7-19-4-3-11(8)20-12/h5,9-10H,1-4,7H2,(H,16,18)/t10-/m0/s1. The molecule has 1 saturated carbocycles. The lowest BCUT2D eigenvalue weighted by Crippen LogP contribution is -2.35. The molecule has 0 spiro atoms. The van der Waals surface area contributed by atoms with E-state index in [2.05, 4.69) is 5.32 Å². The highest BCUT2D eigenvalue weighted by molar-refractivity contribution is 7.14. The molecule has 6 heteroatoms. The van der Waals surface area contributed by atoms with Gasteiger partial charge >= 0.3 is 0 Å². The summed E-state index contributed by atoms with van der Waals surface area (Å²) >= 11 is 1.38. The molecule has 3 rings (SSSR count). The maximum atomic E-state index is 12.3. The second-order valence-electron chi connectivity index (χ2n) is 5.07. The van der Waals surface area contributed by atoms with Crippen LogP contribution in [0, 0.1) is 17.2 Å². The maximum absolute atomic E-state index is 12.3. The average molecular weight is 290 g/mol. The van der Waals surface area contributed by atoms with Crippen LogP contribution in [0.5, 0.6) is 0 Å². The molecule has 2 heterocycles. The van der Waals surface area contributed by atoms with Crippen LogP contribution in [-0.2, 0) is 22.6 Å². The lowest BCUT2D eigenvalue weighted by molar-refractivity contribution is -0.122. The second kappa shape index (κ2) is 5.35. The Labute approximate surface area is 120 Å². The van der Waals surface area contributed by atoms with Crippen LogP contribution in [0.3, 0.4) is 0 Å². The van der Waals surface area contributed by atoms with Crippen molar-refractivity contribution in [1.29, 1.82) is 5.26 Å². The molecule has 5 nitrogen and oxygen atoms in total. The van der Waals surface area contributed by atoms with E-state index in [0.717, 1.165) is 29.7 Å². The summed E-state index contributed by atoms with van der Waals surface area (Å²) in [4.78, 5) is 25.8. The number of ketones is 1. The van der Waals surface area contributed by atoms with Crippen LogP contribution in [0.2, 0.25) is 0 Å². The summed E-state index contributed by atoms with van der Waals surface area (Å²) < 4.78 is 5.34. The van der Waals surface area contributed by atoms with Crippen molar-refractivity contribution in [1.82, 2.24) is 5.32 Å². The minimum atomic E-state index is -1.24. The van der Waals surface area contributed by atoms with Crippen LogP contribution in [0.4, 0.5) is 0 Å². The monoisotopic (exact) mass is 290 g/mol. The largest absolute Gasteiger partial charge is 0.376 e. The first-order chi connectivity index (χ1) is 9.69. The van der Waals surface area contributed by atoms with Gasteiger partial charge in [0.25, 0.3) is 0 Å². The SMILES string of the molecule is N#C[C@H](C(=O)NC1CC1)C(=O)c1cc2c(s1)CCOC2. The topological polar surface area (TPSA) is 79.2 Å². The molecule has 1 aliphatic heterocycles. The zero-order chi connectivity index (χ0) is 14.1. The van der Waals surface area contributed by atoms with E-state index < -0.39 is 17.6 Å². The molecule has 1 aliphatic carbocycles. The molecule has 0 unspecified atom stereocenters. The Morgan fingerprint density at radius 1 is 1.50 bits per heavy atom. The number of thiophene rings is 1. The van der Waals surface area contributed by atoms with Gasteiger partial charge in [-0.25, -0.2) is 0 Å². The summed E-state index contributed by atoms with van der Waals surface area (Å²) in [7, 11) is 0. The van der Waals surface area contributed by atoms with Gasteiger partial charge < -0.3 is 10.1 Å². The molecular weight excluding hydrogens is 276 g/mol. The molecule has 0 bridgehead atoms. The van der Waals surface area contributed by atoms with Gasteiger partial charge in [-0.1, -0.05) is 0 Å². The molecule has 1 fully saturated rings. The van der Waals surface area contributed by atoms with Gasteiger partial charge in [-0.05, 0) is 24.5 Å². The molecule has 0 radical (unpaired) electrons. The molecule has 1 N–H and O–H groups in total. The van der Waals surface area contributed by atoms with Crippen molar-refractivity contribution in [2.45, 2.75) is 31.9 Å². The van der Waals surface area contributed by atoms with E-state index in [1.165, 1.54) is 11.3 Å². The lowest BCUT2D eigenvalue weighted by atomic mass is 10.0. The Kier molecular flexibility index (Phi) is 3.55. The summed E-state index contributed by atoms with van der Waals surface area (Å²) in [5, 5.41) is 11.8. The maximum Gasteiger partial charge on any atom is 0.245 e. The van der Waals surface area contributed by atoms with E-state index in [1.54, 1.807) is 6.07 Å². The first-order valence-electron chi connectivity index (χ1n) is 6.62. The minimum Gasteiger partial charge on any atom is -0.376 e. The molecule has 20 heavy (non-hydrogen) atoms. The number of ether oxygens (including phenoxy) is 1. The third-order valence-corrected chi connectivity index (χ3v) is 4.70. The van der Waals surface area contributed by atoms with E-state index in [1.807, 2.05) is 6.07 Å². The number of rotatable bonds is 4. The van der Waals surface area contributed by atoms with E-state index in [0.29, 0.717) is 18.1 Å². The van der Waals surface area contributed by atoms with Crippen molar-refractivity contribution in [3.8, 4) is 6.07 Å². The Bertz CT molecular complexity index is 575. The van der Waals surface area contributed by atoms with Gasteiger partial charge in [-0.15, -0.1) is 11.3 Å². The number of hydrogen-bond donors (Lipinski definition) is 1. The fourth-order valence-corrected chi connectivity index (χ4v) is 3.28. The number of Topliss-reactive ketones (excluding diaryl/α,β-unsaturated/α-hetero) is 1. The Morgan fingerprint density at radius 2 is 2.30 bits per heavy atom. The van der Waals surface area contributed by atoms with E-state index in [-0.39, 0.29) is 6.04 Å². The van der Waals surface area contributed by atoms with E-state index >= 15 is 0 Å². The van der Waals surface area contributed by atoms with Crippen LogP contribution in [0.25, 0.3) is 0 Å². The number of nitriles is 1. The fourth-order valence-electron chi connectivity index (χ4n) is 2.16. The van der Waals surface area contributed by atoms with Crippen LogP contribution >= 0.6 is 11.3 Å². The van der Waals surface area contributed by atoms with Crippen molar-refractivity contribution in [3.05, 3.63) is 21.4 Å². The number of amides is 1. The number of carbonyl (C=O) groups excluding carboxylic acids is 2. The van der Waals surface area contributed by atoms with Crippen molar-refractivity contribution < 1.29 is 14.3 Å². The molecule has 0 saturated heterocycles. The van der Waals surface area contributed by atoms with Crippen LogP contribution < -0.4 is 5.32 Å². The number of nitrogens with one attached hydrogen (secondary N) is 1. The van der Waals surface area contributed by atoms with Gasteiger partial charge in [-0.3, -0.25) is 9.59 Å². The molecule has 1 amide bonds. The first kappa shape index (κ1) is 13.3. The third-order valence-electron chi connectivity index (χ3n) is 3.45. The minimum absolute atomic E-state index is 0.149. The van der Waals surface area contributed by atoms with E-state index in [9.17, 15) is 9.59 Å². The number of nitrogens with zero attached hydrogens (tertiary/aromatic N) is 1. The predicted molar refractivity (Wildman–Crippen MR) is 72.3 cm³/mol. The Morgan fingerprint density at radius 3 is 2.95 bits per heavy atom. The van der Waals surface area contributed by atoms with Gasteiger partial charge in [0, 0.05) is 17.3 Å². The van der Waals surface area contributed by atoms with Crippen molar-refractivity contribution in [3.63, 3.8) is 0 Å². The van der Waals surface area contributed by atoms with Crippen LogP contribution in [0.15, 0.2) is 6.07 Å². The quantitative estimate of drug-likeness (QED) is 0.672. The number of hydrogen-bond acceptors (Lipinski definition) is 5. The Hall–Kier alpha value is -1.71. The highest BCUT2D eigenvalue weighted by atomic mass is 32.1. The molecule has 1 aromatic rings. The highest BCUT2D eigenvalue weighted by Gasteiger charge is 2.33. The summed E-state index contributed by atoms with van der Waals surface area (Å²) in [6.07, 6.45) is 2.66. The smallest absolute Gasteiger partial charge is 0.245 e. The summed E-state index contributed by atoms with van der Waals surface area (Å²) in [5.74, 6) is -2.11. The molecule has 0 aromatic carbocycles. The van der Waals surface area contributed by atoms with Gasteiger partial charge in [0.1, 0.15) is 0 Å². The number of fused-ring (bicyclic) bond motifs is 1. The lowest BCUT2D eigenvalue weighted by Gasteiger charge is -2.10. The van der Waals surface area contributed by atoms with Crippen molar-refractivity contribution in [2.24, 2.45) is 5.92 Å². The predicted octanol–water partition coefficient (Wildman–Crippen LogP) is 1.42. The third kappa shape index (κ3) is 2.60. The van der Waals surface area contributed by atoms with E-state index in [4.69, 9.17) is 10.00 Å². The summed E-state index contributed by atoms with van der Waals surface area (Å²) in [6.45, 7) is 1.16. The van der Waals surface area contributed by atoms with Gasteiger partial charge in [0.2, 0.25) is 5.91 Å². The van der Waals surface area contributed by atoms with Gasteiger partial charge in [0.05, 0.1) is 24.2 Å². The molecule has 104 valence electrons. The summed E-state index contributed by atoms with van der Waals surface area (Å²) in [6, 6.07) is 3.74. The molecule has 2 aliphatic rings. The molecule has 1 aromatic heterocycles. The zero-order valence-electron chi connectivity index (χ0n) is 10.8. The van der Waals surface area contributed by atoms with Crippen LogP contribution in [-0.4, -0.2) is 24.3 Å². The highest BCUT2D eigenvalue weighted by Crippen LogP contribution is 2.29. The fraction of sp³-hybridized carbons (Fsp3) is 0.500. The van der Waals surface area contributed by atoms with Crippen molar-refractivity contribution >= 4 is 23.0 Å². The van der Waals surface area contributed by atoms with Crippen LogP contribution in [0.1, 0.15) is 33.0 Å². The number of carbonyl (C=O) groups is 2. The Balaban J connectivity index is 1.77. The first-order valence-corrected chi connectivity index (χ1v) is 7.44. The molecular formula is C14H14N2O3S. The van der Waals surface area contributed by atoms with Crippen molar-refractivity contribution in [2.75, 3.05) is 6.61 Å². The zero-order valence-corrected chi connectivity index (χ0v) is 11.7. The summed E-state index contributed by atoms with van der Waals surface area (Å²) in [5.41, 5.74) is 1.00. The molecule has 1 atom stereocenters. The second-order valence-corrected chi connectivity index (χ2v) is 6.21. The van der Waals surface area contributed by atoms with Gasteiger partial charge in [-0.2, -0.15) is 5.26 Å². The van der Waals surface area contributed by atoms with Gasteiger partial charge in [0.15, 0.2) is 11.7 Å². The normalized spacial score (nSPS) is 18.8. The average Bonchev–Trinajstić information content (AvgIpc) is 3.14.